The highest BCUT2D eigenvalue weighted by Crippen LogP contribution is 2.10. The smallest absolute Gasteiger partial charge is 0.0218 e. The van der Waals surface area contributed by atoms with Crippen molar-refractivity contribution in [3.05, 3.63) is 0 Å². The summed E-state index contributed by atoms with van der Waals surface area (Å²) in [5.74, 6) is 0.756. The number of hydrogen-bond acceptors (Lipinski definition) is 2. The Hall–Kier alpha value is 0.210. The molecule has 0 aromatic heterocycles. The average molecular weight is 207 g/mol. The molecule has 0 aromatic carbocycles. The van der Waals surface area contributed by atoms with Gasteiger partial charge in [-0.2, -0.15) is 0 Å². The van der Waals surface area contributed by atoms with Crippen molar-refractivity contribution in [1.82, 2.24) is 10.2 Å². The van der Waals surface area contributed by atoms with Gasteiger partial charge in [0.05, 0.1) is 0 Å². The van der Waals surface area contributed by atoms with Gasteiger partial charge in [0, 0.05) is 31.7 Å². The first-order valence-corrected chi connectivity index (χ1v) is 5.08. The van der Waals surface area contributed by atoms with Crippen LogP contribution in [0.25, 0.3) is 0 Å². The van der Waals surface area contributed by atoms with Crippen molar-refractivity contribution in [2.24, 2.45) is 5.92 Å². The second-order valence-corrected chi connectivity index (χ2v) is 4.39. The standard InChI is InChI=1S/C10H22N2.ClH/c1-8(2)10-7-12(9(3)4)6-5-11-10;/h8-11H,5-7H2,1-4H3;1H/t10-;/m1./s1. The van der Waals surface area contributed by atoms with Crippen LogP contribution < -0.4 is 5.32 Å². The number of nitrogens with zero attached hydrogens (tertiary/aromatic N) is 1. The Balaban J connectivity index is 0.00000144. The highest BCUT2D eigenvalue weighted by Gasteiger charge is 2.22. The molecular formula is C10H23ClN2. The Kier molecular flexibility index (Phi) is 5.93. The minimum atomic E-state index is 0. The molecule has 1 aliphatic rings. The fourth-order valence-corrected chi connectivity index (χ4v) is 1.72. The van der Waals surface area contributed by atoms with Crippen molar-refractivity contribution < 1.29 is 0 Å². The van der Waals surface area contributed by atoms with Crippen LogP contribution in [0.5, 0.6) is 0 Å². The van der Waals surface area contributed by atoms with Crippen LogP contribution >= 0.6 is 12.4 Å². The number of hydrogen-bond donors (Lipinski definition) is 1. The molecule has 0 amide bonds. The fourth-order valence-electron chi connectivity index (χ4n) is 1.72. The third-order valence-electron chi connectivity index (χ3n) is 2.77. The molecular weight excluding hydrogens is 184 g/mol. The lowest BCUT2D eigenvalue weighted by Gasteiger charge is -2.38. The number of piperazine rings is 1. The summed E-state index contributed by atoms with van der Waals surface area (Å²) in [6.07, 6.45) is 0. The fraction of sp³-hybridized carbons (Fsp3) is 1.00. The summed E-state index contributed by atoms with van der Waals surface area (Å²) in [7, 11) is 0. The molecule has 13 heavy (non-hydrogen) atoms. The third kappa shape index (κ3) is 3.84. The van der Waals surface area contributed by atoms with E-state index >= 15 is 0 Å². The van der Waals surface area contributed by atoms with Gasteiger partial charge in [0.1, 0.15) is 0 Å². The van der Waals surface area contributed by atoms with E-state index < -0.39 is 0 Å². The molecule has 0 saturated carbocycles. The minimum Gasteiger partial charge on any atom is -0.311 e. The molecule has 0 aliphatic carbocycles. The van der Waals surface area contributed by atoms with Gasteiger partial charge in [-0.25, -0.2) is 0 Å². The van der Waals surface area contributed by atoms with Crippen LogP contribution in [0.2, 0.25) is 0 Å². The van der Waals surface area contributed by atoms with E-state index in [1.54, 1.807) is 0 Å². The Morgan fingerprint density at radius 2 is 1.85 bits per heavy atom. The molecule has 1 saturated heterocycles. The van der Waals surface area contributed by atoms with Gasteiger partial charge in [-0.1, -0.05) is 13.8 Å². The monoisotopic (exact) mass is 206 g/mol. The zero-order valence-electron chi connectivity index (χ0n) is 9.21. The Bertz CT molecular complexity index is 123. The first kappa shape index (κ1) is 13.2. The lowest BCUT2D eigenvalue weighted by Crippen LogP contribution is -2.54. The summed E-state index contributed by atoms with van der Waals surface area (Å²) < 4.78 is 0. The van der Waals surface area contributed by atoms with Crippen molar-refractivity contribution in [2.75, 3.05) is 19.6 Å². The number of rotatable bonds is 2. The molecule has 1 atom stereocenters. The third-order valence-corrected chi connectivity index (χ3v) is 2.77. The lowest BCUT2D eigenvalue weighted by molar-refractivity contribution is 0.143. The second-order valence-electron chi connectivity index (χ2n) is 4.39. The van der Waals surface area contributed by atoms with Crippen LogP contribution in [0.4, 0.5) is 0 Å². The van der Waals surface area contributed by atoms with Gasteiger partial charge in [0.15, 0.2) is 0 Å². The van der Waals surface area contributed by atoms with E-state index in [2.05, 4.69) is 37.9 Å². The molecule has 3 heteroatoms. The maximum absolute atomic E-state index is 3.56. The van der Waals surface area contributed by atoms with Crippen molar-refractivity contribution in [3.8, 4) is 0 Å². The lowest BCUT2D eigenvalue weighted by atomic mass is 10.0. The van der Waals surface area contributed by atoms with Crippen LogP contribution in [0.3, 0.4) is 0 Å². The normalized spacial score (nSPS) is 24.9. The molecule has 0 unspecified atom stereocenters. The van der Waals surface area contributed by atoms with Gasteiger partial charge in [-0.3, -0.25) is 4.90 Å². The maximum Gasteiger partial charge on any atom is 0.0218 e. The van der Waals surface area contributed by atoms with Gasteiger partial charge in [-0.05, 0) is 19.8 Å². The molecule has 1 fully saturated rings. The Labute approximate surface area is 88.5 Å². The molecule has 2 nitrogen and oxygen atoms in total. The summed E-state index contributed by atoms with van der Waals surface area (Å²) in [5.41, 5.74) is 0. The van der Waals surface area contributed by atoms with Crippen LogP contribution in [0.15, 0.2) is 0 Å². The van der Waals surface area contributed by atoms with Gasteiger partial charge < -0.3 is 5.32 Å². The summed E-state index contributed by atoms with van der Waals surface area (Å²) in [4.78, 5) is 2.56. The second kappa shape index (κ2) is 5.84. The summed E-state index contributed by atoms with van der Waals surface area (Å²) >= 11 is 0. The quantitative estimate of drug-likeness (QED) is 0.741. The molecule has 0 spiro atoms. The van der Waals surface area contributed by atoms with E-state index in [0.717, 1.165) is 12.5 Å². The van der Waals surface area contributed by atoms with E-state index in [4.69, 9.17) is 0 Å². The highest BCUT2D eigenvalue weighted by atomic mass is 35.5. The van der Waals surface area contributed by atoms with Crippen molar-refractivity contribution >= 4 is 12.4 Å². The van der Waals surface area contributed by atoms with Gasteiger partial charge in [0.2, 0.25) is 0 Å². The molecule has 1 heterocycles. The number of halogens is 1. The zero-order chi connectivity index (χ0) is 9.14. The Morgan fingerprint density at radius 3 is 2.31 bits per heavy atom. The van der Waals surface area contributed by atoms with E-state index in [1.807, 2.05) is 0 Å². The molecule has 1 rings (SSSR count). The van der Waals surface area contributed by atoms with Crippen molar-refractivity contribution in [1.29, 1.82) is 0 Å². The predicted molar refractivity (Wildman–Crippen MR) is 60.6 cm³/mol. The van der Waals surface area contributed by atoms with Crippen LogP contribution in [-0.4, -0.2) is 36.6 Å². The minimum absolute atomic E-state index is 0. The van der Waals surface area contributed by atoms with Crippen LogP contribution in [0, 0.1) is 5.92 Å². The van der Waals surface area contributed by atoms with Gasteiger partial charge in [-0.15, -0.1) is 12.4 Å². The summed E-state index contributed by atoms with van der Waals surface area (Å²) in [5, 5.41) is 3.56. The molecule has 1 N–H and O–H groups in total. The van der Waals surface area contributed by atoms with E-state index in [0.29, 0.717) is 12.1 Å². The predicted octanol–water partition coefficient (Wildman–Crippen LogP) is 1.75. The molecule has 0 radical (unpaired) electrons. The summed E-state index contributed by atoms with van der Waals surface area (Å²) in [6.45, 7) is 12.7. The maximum atomic E-state index is 3.56. The molecule has 1 aliphatic heterocycles. The average Bonchev–Trinajstić information content (AvgIpc) is 2.04. The van der Waals surface area contributed by atoms with Gasteiger partial charge >= 0.3 is 0 Å². The van der Waals surface area contributed by atoms with E-state index in [-0.39, 0.29) is 12.4 Å². The first-order valence-electron chi connectivity index (χ1n) is 5.08. The first-order chi connectivity index (χ1) is 5.61. The van der Waals surface area contributed by atoms with E-state index in [9.17, 15) is 0 Å². The SMILES string of the molecule is CC(C)[C@H]1CN(C(C)C)CCN1.Cl. The molecule has 80 valence electrons. The Morgan fingerprint density at radius 1 is 1.23 bits per heavy atom. The van der Waals surface area contributed by atoms with Crippen LogP contribution in [0.1, 0.15) is 27.7 Å². The van der Waals surface area contributed by atoms with Crippen molar-refractivity contribution in [3.63, 3.8) is 0 Å². The van der Waals surface area contributed by atoms with E-state index in [1.165, 1.54) is 13.1 Å². The molecule has 0 aromatic rings. The van der Waals surface area contributed by atoms with Gasteiger partial charge in [0.25, 0.3) is 0 Å². The number of nitrogens with one attached hydrogen (secondary N) is 1. The van der Waals surface area contributed by atoms with Crippen molar-refractivity contribution in [2.45, 2.75) is 39.8 Å². The largest absolute Gasteiger partial charge is 0.311 e. The van der Waals surface area contributed by atoms with Crippen LogP contribution in [-0.2, 0) is 0 Å². The highest BCUT2D eigenvalue weighted by molar-refractivity contribution is 5.85. The topological polar surface area (TPSA) is 15.3 Å². The zero-order valence-corrected chi connectivity index (χ0v) is 10.0. The molecule has 0 bridgehead atoms. The summed E-state index contributed by atoms with van der Waals surface area (Å²) in [6, 6.07) is 1.40.